The second kappa shape index (κ2) is 7.21. The van der Waals surface area contributed by atoms with Crippen molar-refractivity contribution in [1.29, 1.82) is 0 Å². The standard InChI is InChI=1S/C19H18FN3O3S/c20-14-5-3-13(4-6-14)10-21(15-7-8-15)12-23-18(25)17(24)22(19(23)26)11-16-2-1-9-27-16/h1-6,9,15H,7-8,10-12H2. The number of nitrogens with zero attached hydrogens (tertiary/aromatic N) is 3. The number of halogens is 1. The molecule has 140 valence electrons. The Morgan fingerprint density at radius 3 is 2.37 bits per heavy atom. The minimum absolute atomic E-state index is 0.0619. The van der Waals surface area contributed by atoms with Crippen LogP contribution in [0, 0.1) is 5.82 Å². The molecule has 2 fully saturated rings. The summed E-state index contributed by atoms with van der Waals surface area (Å²) in [7, 11) is 0. The van der Waals surface area contributed by atoms with E-state index in [0.29, 0.717) is 6.54 Å². The lowest BCUT2D eigenvalue weighted by molar-refractivity contribution is -0.144. The van der Waals surface area contributed by atoms with Gasteiger partial charge in [-0.15, -0.1) is 11.3 Å². The molecular weight excluding hydrogens is 369 g/mol. The third-order valence-electron chi connectivity index (χ3n) is 4.71. The molecule has 0 N–H and O–H groups in total. The van der Waals surface area contributed by atoms with Crippen molar-refractivity contribution in [1.82, 2.24) is 14.7 Å². The topological polar surface area (TPSA) is 60.9 Å². The van der Waals surface area contributed by atoms with Crippen molar-refractivity contribution in [2.24, 2.45) is 0 Å². The van der Waals surface area contributed by atoms with Crippen LogP contribution in [0.4, 0.5) is 9.18 Å². The molecule has 0 spiro atoms. The van der Waals surface area contributed by atoms with E-state index in [2.05, 4.69) is 0 Å². The zero-order valence-corrected chi connectivity index (χ0v) is 15.3. The maximum atomic E-state index is 13.1. The predicted molar refractivity (Wildman–Crippen MR) is 96.9 cm³/mol. The first-order valence-corrected chi connectivity index (χ1v) is 9.59. The molecule has 1 saturated heterocycles. The average molecular weight is 387 g/mol. The number of benzene rings is 1. The molecule has 1 saturated carbocycles. The van der Waals surface area contributed by atoms with Gasteiger partial charge >= 0.3 is 17.8 Å². The molecule has 27 heavy (non-hydrogen) atoms. The summed E-state index contributed by atoms with van der Waals surface area (Å²) >= 11 is 1.43. The third kappa shape index (κ3) is 3.77. The first kappa shape index (κ1) is 17.8. The van der Waals surface area contributed by atoms with Crippen molar-refractivity contribution in [3.63, 3.8) is 0 Å². The molecule has 4 amide bonds. The van der Waals surface area contributed by atoms with Crippen LogP contribution in [-0.2, 0) is 22.7 Å². The number of carbonyl (C=O) groups excluding carboxylic acids is 3. The van der Waals surface area contributed by atoms with E-state index in [-0.39, 0.29) is 25.1 Å². The Kier molecular flexibility index (Phi) is 4.75. The van der Waals surface area contributed by atoms with E-state index < -0.39 is 17.8 Å². The molecule has 0 radical (unpaired) electrons. The molecule has 1 aliphatic heterocycles. The van der Waals surface area contributed by atoms with Crippen molar-refractivity contribution < 1.29 is 18.8 Å². The number of imide groups is 2. The van der Waals surface area contributed by atoms with Gasteiger partial charge in [-0.2, -0.15) is 0 Å². The minimum atomic E-state index is -0.790. The fourth-order valence-electron chi connectivity index (χ4n) is 3.11. The lowest BCUT2D eigenvalue weighted by atomic mass is 10.2. The highest BCUT2D eigenvalue weighted by Crippen LogP contribution is 2.29. The quantitative estimate of drug-likeness (QED) is 0.541. The molecular formula is C19H18FN3O3S. The Morgan fingerprint density at radius 2 is 1.74 bits per heavy atom. The molecule has 2 aromatic rings. The molecule has 1 aromatic heterocycles. The number of hydrogen-bond donors (Lipinski definition) is 0. The van der Waals surface area contributed by atoms with Crippen LogP contribution in [-0.4, -0.2) is 45.3 Å². The van der Waals surface area contributed by atoms with E-state index in [9.17, 15) is 18.8 Å². The number of carbonyl (C=O) groups is 3. The SMILES string of the molecule is O=C1C(=O)N(CN(Cc2ccc(F)cc2)C2CC2)C(=O)N1Cc1cccs1. The van der Waals surface area contributed by atoms with Crippen molar-refractivity contribution in [2.45, 2.75) is 32.0 Å². The third-order valence-corrected chi connectivity index (χ3v) is 5.58. The molecule has 4 rings (SSSR count). The number of hydrogen-bond acceptors (Lipinski definition) is 5. The van der Waals surface area contributed by atoms with Gasteiger partial charge in [0.2, 0.25) is 0 Å². The van der Waals surface area contributed by atoms with E-state index in [1.165, 1.54) is 23.5 Å². The average Bonchev–Trinajstić information content (AvgIpc) is 3.34. The monoisotopic (exact) mass is 387 g/mol. The highest BCUT2D eigenvalue weighted by atomic mass is 32.1. The van der Waals surface area contributed by atoms with Crippen LogP contribution < -0.4 is 0 Å². The van der Waals surface area contributed by atoms with Gasteiger partial charge in [-0.1, -0.05) is 18.2 Å². The van der Waals surface area contributed by atoms with Crippen molar-refractivity contribution >= 4 is 29.2 Å². The second-order valence-electron chi connectivity index (χ2n) is 6.73. The van der Waals surface area contributed by atoms with Gasteiger partial charge in [0.25, 0.3) is 0 Å². The van der Waals surface area contributed by atoms with Crippen LogP contribution >= 0.6 is 11.3 Å². The number of rotatable bonds is 7. The fraction of sp³-hybridized carbons (Fsp3) is 0.316. The van der Waals surface area contributed by atoms with Gasteiger partial charge in [-0.05, 0) is 42.0 Å². The van der Waals surface area contributed by atoms with E-state index in [1.54, 1.807) is 12.1 Å². The summed E-state index contributed by atoms with van der Waals surface area (Å²) < 4.78 is 13.1. The van der Waals surface area contributed by atoms with Gasteiger partial charge in [0.15, 0.2) is 0 Å². The molecule has 2 aliphatic rings. The lowest BCUT2D eigenvalue weighted by Gasteiger charge is -2.26. The summed E-state index contributed by atoms with van der Waals surface area (Å²) in [5, 5.41) is 1.86. The zero-order chi connectivity index (χ0) is 19.0. The molecule has 0 bridgehead atoms. The largest absolute Gasteiger partial charge is 0.335 e. The predicted octanol–water partition coefficient (Wildman–Crippen LogP) is 2.80. The Morgan fingerprint density at radius 1 is 1.04 bits per heavy atom. The molecule has 0 unspecified atom stereocenters. The van der Waals surface area contributed by atoms with Gasteiger partial charge in [0.1, 0.15) is 5.82 Å². The highest BCUT2D eigenvalue weighted by molar-refractivity contribution is 7.09. The van der Waals surface area contributed by atoms with Crippen LogP contribution in [0.15, 0.2) is 41.8 Å². The first-order chi connectivity index (χ1) is 13.0. The van der Waals surface area contributed by atoms with Crippen LogP contribution in [0.3, 0.4) is 0 Å². The molecule has 8 heteroatoms. The van der Waals surface area contributed by atoms with Gasteiger partial charge in [-0.25, -0.2) is 14.1 Å². The van der Waals surface area contributed by atoms with Crippen LogP contribution in [0.25, 0.3) is 0 Å². The molecule has 1 aromatic carbocycles. The highest BCUT2D eigenvalue weighted by Gasteiger charge is 2.46. The summed E-state index contributed by atoms with van der Waals surface area (Å²) in [4.78, 5) is 42.2. The van der Waals surface area contributed by atoms with E-state index in [4.69, 9.17) is 0 Å². The molecule has 0 atom stereocenters. The zero-order valence-electron chi connectivity index (χ0n) is 14.5. The summed E-state index contributed by atoms with van der Waals surface area (Å²) in [5.41, 5.74) is 0.893. The Hall–Kier alpha value is -2.58. The fourth-order valence-corrected chi connectivity index (χ4v) is 3.81. The van der Waals surface area contributed by atoms with Gasteiger partial charge < -0.3 is 0 Å². The minimum Gasteiger partial charge on any atom is -0.278 e. The van der Waals surface area contributed by atoms with Crippen molar-refractivity contribution in [3.05, 3.63) is 58.0 Å². The van der Waals surface area contributed by atoms with Gasteiger partial charge in [-0.3, -0.25) is 19.4 Å². The van der Waals surface area contributed by atoms with E-state index >= 15 is 0 Å². The Labute approximate surface area is 159 Å². The second-order valence-corrected chi connectivity index (χ2v) is 7.76. The van der Waals surface area contributed by atoms with E-state index in [0.717, 1.165) is 33.1 Å². The van der Waals surface area contributed by atoms with Crippen molar-refractivity contribution in [2.75, 3.05) is 6.67 Å². The summed E-state index contributed by atoms with van der Waals surface area (Å²) in [6, 6.07) is 9.49. The molecule has 6 nitrogen and oxygen atoms in total. The summed E-state index contributed by atoms with van der Waals surface area (Å²) in [6.45, 7) is 0.659. The van der Waals surface area contributed by atoms with Crippen LogP contribution in [0.2, 0.25) is 0 Å². The maximum absolute atomic E-state index is 13.1. The van der Waals surface area contributed by atoms with Gasteiger partial charge in [0.05, 0.1) is 13.2 Å². The maximum Gasteiger partial charge on any atom is 0.335 e. The lowest BCUT2D eigenvalue weighted by Crippen LogP contribution is -2.43. The Balaban J connectivity index is 1.47. The van der Waals surface area contributed by atoms with Crippen LogP contribution in [0.5, 0.6) is 0 Å². The smallest absolute Gasteiger partial charge is 0.278 e. The summed E-state index contributed by atoms with van der Waals surface area (Å²) in [5.74, 6) is -1.89. The molecule has 1 aliphatic carbocycles. The number of urea groups is 1. The summed E-state index contributed by atoms with van der Waals surface area (Å²) in [6.07, 6.45) is 1.95. The normalized spacial score (nSPS) is 17.5. The van der Waals surface area contributed by atoms with Gasteiger partial charge in [0, 0.05) is 17.5 Å². The first-order valence-electron chi connectivity index (χ1n) is 8.71. The number of thiophene rings is 1. The number of amides is 4. The van der Waals surface area contributed by atoms with Crippen LogP contribution in [0.1, 0.15) is 23.3 Å². The Bertz CT molecular complexity index is 865. The van der Waals surface area contributed by atoms with E-state index in [1.807, 2.05) is 22.4 Å². The molecule has 2 heterocycles. The van der Waals surface area contributed by atoms with Crippen molar-refractivity contribution in [3.8, 4) is 0 Å².